The van der Waals surface area contributed by atoms with E-state index in [1.54, 1.807) is 6.21 Å². The number of nitrogens with zero attached hydrogens (tertiary/aromatic N) is 4. The van der Waals surface area contributed by atoms with Crippen molar-refractivity contribution >= 4 is 48.3 Å². The number of aliphatic imine (C=N–C) groups is 2. The van der Waals surface area contributed by atoms with Gasteiger partial charge in [0.25, 0.3) is 0 Å². The van der Waals surface area contributed by atoms with E-state index in [-0.39, 0.29) is 18.2 Å². The SMILES string of the molecule is C=Nc1c(N)nc(N)nc1N=CCCNc1ccc(C)cc1.NC=O. The third-order valence-corrected chi connectivity index (χ3v) is 2.94. The molecule has 2 aromatic rings. The van der Waals surface area contributed by atoms with E-state index in [9.17, 15) is 0 Å². The number of carbonyl (C=O) groups excluding carboxylic acids is 1. The summed E-state index contributed by atoms with van der Waals surface area (Å²) in [5.41, 5.74) is 18.1. The van der Waals surface area contributed by atoms with Crippen LogP contribution in [0.5, 0.6) is 0 Å². The molecule has 0 radical (unpaired) electrons. The molecule has 9 nitrogen and oxygen atoms in total. The van der Waals surface area contributed by atoms with E-state index in [0.29, 0.717) is 17.9 Å². The van der Waals surface area contributed by atoms with Crippen LogP contribution in [0.15, 0.2) is 34.3 Å². The summed E-state index contributed by atoms with van der Waals surface area (Å²) in [5, 5.41) is 3.30. The highest BCUT2D eigenvalue weighted by atomic mass is 16.1. The van der Waals surface area contributed by atoms with Gasteiger partial charge in [-0.25, -0.2) is 4.99 Å². The van der Waals surface area contributed by atoms with Crippen LogP contribution in [0.4, 0.5) is 29.0 Å². The highest BCUT2D eigenvalue weighted by molar-refractivity contribution is 5.76. The minimum absolute atomic E-state index is 0.0647. The maximum Gasteiger partial charge on any atom is 0.224 e. The molecule has 7 N–H and O–H groups in total. The molecule has 0 aliphatic carbocycles. The van der Waals surface area contributed by atoms with Crippen LogP contribution in [0.3, 0.4) is 0 Å². The van der Waals surface area contributed by atoms with Gasteiger partial charge in [-0.3, -0.25) is 9.79 Å². The second kappa shape index (κ2) is 10.3. The fourth-order valence-corrected chi connectivity index (χ4v) is 1.82. The number of nitrogen functional groups attached to an aromatic ring is 2. The van der Waals surface area contributed by atoms with Crippen LogP contribution in [-0.2, 0) is 4.79 Å². The van der Waals surface area contributed by atoms with Crippen molar-refractivity contribution in [3.05, 3.63) is 29.8 Å². The van der Waals surface area contributed by atoms with Gasteiger partial charge >= 0.3 is 0 Å². The quantitative estimate of drug-likeness (QED) is 0.354. The van der Waals surface area contributed by atoms with Gasteiger partial charge < -0.3 is 22.5 Å². The molecule has 0 saturated heterocycles. The first-order valence-electron chi connectivity index (χ1n) is 7.40. The lowest BCUT2D eigenvalue weighted by Crippen LogP contribution is -2.02. The molecule has 0 atom stereocenters. The van der Waals surface area contributed by atoms with E-state index >= 15 is 0 Å². The first-order valence-corrected chi connectivity index (χ1v) is 7.40. The van der Waals surface area contributed by atoms with Crippen molar-refractivity contribution in [2.45, 2.75) is 13.3 Å². The number of benzene rings is 1. The van der Waals surface area contributed by atoms with Gasteiger partial charge in [-0.05, 0) is 25.8 Å². The van der Waals surface area contributed by atoms with Crippen molar-refractivity contribution in [1.82, 2.24) is 9.97 Å². The lowest BCUT2D eigenvalue weighted by Gasteiger charge is -2.05. The number of nitrogens with two attached hydrogens (primary N) is 3. The lowest BCUT2D eigenvalue weighted by molar-refractivity contribution is -0.106. The summed E-state index contributed by atoms with van der Waals surface area (Å²) in [5.74, 6) is 0.567. The van der Waals surface area contributed by atoms with Crippen LogP contribution in [0, 0.1) is 6.92 Å². The van der Waals surface area contributed by atoms with E-state index in [4.69, 9.17) is 16.3 Å². The topological polar surface area (TPSA) is 158 Å². The van der Waals surface area contributed by atoms with E-state index in [1.165, 1.54) is 5.56 Å². The molecule has 1 heterocycles. The maximum atomic E-state index is 8.58. The fourth-order valence-electron chi connectivity index (χ4n) is 1.82. The normalized spacial score (nSPS) is 9.96. The van der Waals surface area contributed by atoms with Crippen molar-refractivity contribution in [2.24, 2.45) is 15.7 Å². The summed E-state index contributed by atoms with van der Waals surface area (Å²) in [6.45, 7) is 6.24. The van der Waals surface area contributed by atoms with Gasteiger partial charge in [0.05, 0.1) is 0 Å². The van der Waals surface area contributed by atoms with Gasteiger partial charge in [-0.2, -0.15) is 9.97 Å². The standard InChI is InChI=1S/C15H19N7.CH3NO/c1-10-4-6-11(7-5-10)19-8-3-9-20-14-12(18-2)13(16)21-15(17)22-14;2-1-3/h4-7,9,19H,2-3,8H2,1H3,(H4,16,17,21,22);1H,(H2,2,3). The van der Waals surface area contributed by atoms with Crippen LogP contribution in [0.1, 0.15) is 12.0 Å². The highest BCUT2D eigenvalue weighted by Crippen LogP contribution is 2.30. The number of rotatable bonds is 6. The average molecular weight is 342 g/mol. The van der Waals surface area contributed by atoms with Gasteiger partial charge in [0.15, 0.2) is 11.6 Å². The number of anilines is 3. The Kier molecular flexibility index (Phi) is 8.07. The molecular formula is C16H22N8O. The van der Waals surface area contributed by atoms with Crippen LogP contribution in [0.25, 0.3) is 0 Å². The van der Waals surface area contributed by atoms with Crippen molar-refractivity contribution in [3.8, 4) is 0 Å². The third kappa shape index (κ3) is 6.65. The monoisotopic (exact) mass is 342 g/mol. The summed E-state index contributed by atoms with van der Waals surface area (Å²) in [6.07, 6.45) is 2.70. The number of carbonyl (C=O) groups is 1. The molecule has 1 amide bonds. The Morgan fingerprint density at radius 2 is 1.88 bits per heavy atom. The number of hydrogen-bond donors (Lipinski definition) is 4. The molecule has 1 aromatic carbocycles. The molecule has 0 aliphatic rings. The van der Waals surface area contributed by atoms with E-state index in [0.717, 1.165) is 12.2 Å². The smallest absolute Gasteiger partial charge is 0.224 e. The molecule has 0 unspecified atom stereocenters. The van der Waals surface area contributed by atoms with Gasteiger partial charge in [-0.15, -0.1) is 0 Å². The van der Waals surface area contributed by atoms with Crippen molar-refractivity contribution in [1.29, 1.82) is 0 Å². The zero-order valence-electron chi connectivity index (χ0n) is 14.0. The number of hydrogen-bond acceptors (Lipinski definition) is 8. The molecule has 1 aromatic heterocycles. The number of aromatic nitrogens is 2. The van der Waals surface area contributed by atoms with Crippen molar-refractivity contribution < 1.29 is 4.79 Å². The predicted molar refractivity (Wildman–Crippen MR) is 103 cm³/mol. The first-order chi connectivity index (χ1) is 12.0. The maximum absolute atomic E-state index is 8.58. The molecule has 9 heteroatoms. The Labute approximate surface area is 146 Å². The van der Waals surface area contributed by atoms with Gasteiger partial charge in [0.2, 0.25) is 12.4 Å². The van der Waals surface area contributed by atoms with Gasteiger partial charge in [-0.1, -0.05) is 17.7 Å². The van der Waals surface area contributed by atoms with Gasteiger partial charge in [0, 0.05) is 24.9 Å². The van der Waals surface area contributed by atoms with E-state index < -0.39 is 0 Å². The van der Waals surface area contributed by atoms with Crippen LogP contribution in [0.2, 0.25) is 0 Å². The molecule has 0 aliphatic heterocycles. The average Bonchev–Trinajstić information content (AvgIpc) is 2.56. The summed E-state index contributed by atoms with van der Waals surface area (Å²) < 4.78 is 0. The van der Waals surface area contributed by atoms with Gasteiger partial charge in [0.1, 0.15) is 5.69 Å². The highest BCUT2D eigenvalue weighted by Gasteiger charge is 2.08. The zero-order valence-corrected chi connectivity index (χ0v) is 14.0. The number of amides is 1. The summed E-state index contributed by atoms with van der Waals surface area (Å²) in [6, 6.07) is 8.20. The predicted octanol–water partition coefficient (Wildman–Crippen LogP) is 1.59. The Morgan fingerprint density at radius 1 is 1.24 bits per heavy atom. The first kappa shape index (κ1) is 19.6. The molecule has 25 heavy (non-hydrogen) atoms. The molecular weight excluding hydrogens is 320 g/mol. The lowest BCUT2D eigenvalue weighted by atomic mass is 10.2. The number of primary amides is 1. The largest absolute Gasteiger partial charge is 0.385 e. The van der Waals surface area contributed by atoms with E-state index in [1.807, 2.05) is 12.1 Å². The molecule has 0 fully saturated rings. The van der Waals surface area contributed by atoms with Crippen LogP contribution < -0.4 is 22.5 Å². The summed E-state index contributed by atoms with van der Waals surface area (Å²) >= 11 is 0. The molecule has 132 valence electrons. The molecule has 0 saturated carbocycles. The fraction of sp³-hybridized carbons (Fsp3) is 0.188. The van der Waals surface area contributed by atoms with E-state index in [2.05, 4.69) is 56.8 Å². The Hall–Kier alpha value is -3.49. The Balaban J connectivity index is 0.000000970. The summed E-state index contributed by atoms with van der Waals surface area (Å²) in [7, 11) is 0. The zero-order chi connectivity index (χ0) is 18.7. The summed E-state index contributed by atoms with van der Waals surface area (Å²) in [4.78, 5) is 24.4. The Bertz CT molecular complexity index is 728. The number of nitrogens with one attached hydrogen (secondary N) is 1. The number of aryl methyl sites for hydroxylation is 1. The van der Waals surface area contributed by atoms with Crippen LogP contribution in [-0.4, -0.2) is 35.9 Å². The van der Waals surface area contributed by atoms with Crippen molar-refractivity contribution in [2.75, 3.05) is 23.3 Å². The second-order valence-electron chi connectivity index (χ2n) is 4.83. The molecule has 0 bridgehead atoms. The third-order valence-electron chi connectivity index (χ3n) is 2.94. The molecule has 2 rings (SSSR count). The minimum atomic E-state index is 0.0647. The minimum Gasteiger partial charge on any atom is -0.385 e. The second-order valence-corrected chi connectivity index (χ2v) is 4.83. The van der Waals surface area contributed by atoms with Crippen molar-refractivity contribution in [3.63, 3.8) is 0 Å². The Morgan fingerprint density at radius 3 is 2.48 bits per heavy atom. The van der Waals surface area contributed by atoms with Crippen LogP contribution >= 0.6 is 0 Å². The molecule has 0 spiro atoms.